The van der Waals surface area contributed by atoms with Crippen molar-refractivity contribution in [3.05, 3.63) is 30.0 Å². The summed E-state index contributed by atoms with van der Waals surface area (Å²) in [4.78, 5) is 11.9. The molecule has 3 rings (SSSR count). The van der Waals surface area contributed by atoms with Gasteiger partial charge in [0.2, 0.25) is 5.91 Å². The minimum atomic E-state index is -0.179. The van der Waals surface area contributed by atoms with E-state index in [4.69, 9.17) is 10.5 Å². The van der Waals surface area contributed by atoms with Crippen LogP contribution in [0.5, 0.6) is 5.75 Å². The summed E-state index contributed by atoms with van der Waals surface area (Å²) in [6.45, 7) is 2.10. The molecule has 1 amide bonds. The third kappa shape index (κ3) is 2.56. The first kappa shape index (κ1) is 12.5. The summed E-state index contributed by atoms with van der Waals surface area (Å²) < 4.78 is 7.01. The van der Waals surface area contributed by atoms with E-state index in [1.54, 1.807) is 0 Å². The number of anilines is 2. The van der Waals surface area contributed by atoms with Gasteiger partial charge in [0.15, 0.2) is 5.82 Å². The smallest absolute Gasteiger partial charge is 0.246 e. The maximum absolute atomic E-state index is 11.9. The van der Waals surface area contributed by atoms with Crippen LogP contribution in [-0.2, 0) is 17.8 Å². The third-order valence-corrected chi connectivity index (χ3v) is 3.04. The highest BCUT2D eigenvalue weighted by Crippen LogP contribution is 2.30. The maximum Gasteiger partial charge on any atom is 0.246 e. The van der Waals surface area contributed by atoms with Crippen LogP contribution in [0.25, 0.3) is 0 Å². The molecule has 20 heavy (non-hydrogen) atoms. The molecule has 0 spiro atoms. The number of benzene rings is 1. The van der Waals surface area contributed by atoms with Crippen LogP contribution in [0, 0.1) is 0 Å². The number of nitrogen functional groups attached to an aromatic ring is 1. The van der Waals surface area contributed by atoms with Crippen molar-refractivity contribution in [2.24, 2.45) is 0 Å². The van der Waals surface area contributed by atoms with E-state index in [1.165, 1.54) is 10.9 Å². The highest BCUT2D eigenvalue weighted by atomic mass is 16.5. The fourth-order valence-electron chi connectivity index (χ4n) is 2.24. The molecular weight excluding hydrogens is 258 g/mol. The molecule has 0 bridgehead atoms. The van der Waals surface area contributed by atoms with E-state index in [2.05, 4.69) is 15.6 Å². The predicted octanol–water partition coefficient (Wildman–Crippen LogP) is 0.822. The largest absolute Gasteiger partial charge is 0.490 e. The van der Waals surface area contributed by atoms with E-state index in [1.807, 2.05) is 25.1 Å². The Hall–Kier alpha value is -2.57. The van der Waals surface area contributed by atoms with Gasteiger partial charge in [-0.1, -0.05) is 5.21 Å². The molecule has 1 aliphatic rings. The van der Waals surface area contributed by atoms with Crippen LogP contribution in [0.1, 0.15) is 12.5 Å². The van der Waals surface area contributed by atoms with E-state index in [0.717, 1.165) is 23.4 Å². The zero-order chi connectivity index (χ0) is 14.1. The molecule has 0 radical (unpaired) electrons. The molecule has 7 heteroatoms. The van der Waals surface area contributed by atoms with Gasteiger partial charge in [-0.25, -0.2) is 4.68 Å². The fourth-order valence-corrected chi connectivity index (χ4v) is 2.24. The predicted molar refractivity (Wildman–Crippen MR) is 73.3 cm³/mol. The molecule has 1 aromatic carbocycles. The first-order valence-electron chi connectivity index (χ1n) is 6.35. The highest BCUT2D eigenvalue weighted by Gasteiger charge is 2.19. The number of fused-ring (bicyclic) bond motifs is 1. The zero-order valence-corrected chi connectivity index (χ0v) is 11.0. The molecule has 0 saturated carbocycles. The summed E-state index contributed by atoms with van der Waals surface area (Å²) in [5, 5.41) is 10.2. The maximum atomic E-state index is 11.9. The zero-order valence-electron chi connectivity index (χ0n) is 11.0. The van der Waals surface area contributed by atoms with Gasteiger partial charge < -0.3 is 15.8 Å². The van der Waals surface area contributed by atoms with Crippen LogP contribution in [0.15, 0.2) is 24.4 Å². The van der Waals surface area contributed by atoms with Gasteiger partial charge in [0.05, 0.1) is 6.20 Å². The SMILES string of the molecule is CC1Cc2cc(NC(=O)Cn3cc(N)nn3)ccc2O1. The number of nitrogens with zero attached hydrogens (tertiary/aromatic N) is 3. The number of carbonyl (C=O) groups excluding carboxylic acids is 1. The Balaban J connectivity index is 1.66. The number of carbonyl (C=O) groups is 1. The molecule has 1 aromatic heterocycles. The molecule has 104 valence electrons. The van der Waals surface area contributed by atoms with E-state index in [9.17, 15) is 4.79 Å². The number of nitrogens with one attached hydrogen (secondary N) is 1. The van der Waals surface area contributed by atoms with E-state index < -0.39 is 0 Å². The first-order valence-corrected chi connectivity index (χ1v) is 6.35. The second kappa shape index (κ2) is 4.84. The summed E-state index contributed by atoms with van der Waals surface area (Å²) >= 11 is 0. The number of hydrogen-bond acceptors (Lipinski definition) is 5. The number of nitrogens with two attached hydrogens (primary N) is 1. The van der Waals surface area contributed by atoms with Gasteiger partial charge in [-0.3, -0.25) is 4.79 Å². The summed E-state index contributed by atoms with van der Waals surface area (Å²) in [7, 11) is 0. The average molecular weight is 273 g/mol. The lowest BCUT2D eigenvalue weighted by atomic mass is 10.1. The number of rotatable bonds is 3. The van der Waals surface area contributed by atoms with Crippen molar-refractivity contribution in [2.75, 3.05) is 11.1 Å². The Kier molecular flexibility index (Phi) is 3.02. The summed E-state index contributed by atoms with van der Waals surface area (Å²) in [5.41, 5.74) is 7.30. The van der Waals surface area contributed by atoms with Crippen molar-refractivity contribution in [1.82, 2.24) is 15.0 Å². The van der Waals surface area contributed by atoms with Gasteiger partial charge >= 0.3 is 0 Å². The van der Waals surface area contributed by atoms with E-state index in [-0.39, 0.29) is 18.6 Å². The lowest BCUT2D eigenvalue weighted by Gasteiger charge is -2.06. The van der Waals surface area contributed by atoms with Crippen LogP contribution >= 0.6 is 0 Å². The van der Waals surface area contributed by atoms with Crippen molar-refractivity contribution in [3.63, 3.8) is 0 Å². The highest BCUT2D eigenvalue weighted by molar-refractivity contribution is 5.90. The normalized spacial score (nSPS) is 16.6. The molecule has 1 atom stereocenters. The first-order chi connectivity index (χ1) is 9.60. The molecule has 2 heterocycles. The fraction of sp³-hybridized carbons (Fsp3) is 0.308. The van der Waals surface area contributed by atoms with Gasteiger partial charge in [0, 0.05) is 12.1 Å². The topological polar surface area (TPSA) is 95.1 Å². The van der Waals surface area contributed by atoms with Crippen LogP contribution in [-0.4, -0.2) is 27.0 Å². The Morgan fingerprint density at radius 1 is 1.60 bits per heavy atom. The van der Waals surface area contributed by atoms with E-state index >= 15 is 0 Å². The molecule has 0 fully saturated rings. The van der Waals surface area contributed by atoms with Crippen LogP contribution in [0.2, 0.25) is 0 Å². The Labute approximate surface area is 115 Å². The summed E-state index contributed by atoms with van der Waals surface area (Å²) in [5.74, 6) is 1.00. The molecule has 7 nitrogen and oxygen atoms in total. The van der Waals surface area contributed by atoms with Crippen LogP contribution < -0.4 is 15.8 Å². The molecule has 1 aliphatic heterocycles. The monoisotopic (exact) mass is 273 g/mol. The van der Waals surface area contributed by atoms with Crippen molar-refractivity contribution >= 4 is 17.4 Å². The molecule has 0 saturated heterocycles. The minimum absolute atomic E-state index is 0.0776. The van der Waals surface area contributed by atoms with Crippen molar-refractivity contribution in [2.45, 2.75) is 26.0 Å². The Bertz CT molecular complexity index is 652. The number of aromatic nitrogens is 3. The Morgan fingerprint density at radius 3 is 3.20 bits per heavy atom. The van der Waals surface area contributed by atoms with Crippen molar-refractivity contribution in [3.8, 4) is 5.75 Å². The number of amides is 1. The standard InChI is InChI=1S/C13H15N5O2/c1-8-4-9-5-10(2-3-11(9)20-8)15-13(19)7-18-6-12(14)16-17-18/h2-3,5-6,8H,4,7,14H2,1H3,(H,15,19). The molecule has 2 aromatic rings. The average Bonchev–Trinajstić information content (AvgIpc) is 2.93. The number of hydrogen-bond donors (Lipinski definition) is 2. The second-order valence-corrected chi connectivity index (χ2v) is 4.84. The quantitative estimate of drug-likeness (QED) is 0.863. The third-order valence-electron chi connectivity index (χ3n) is 3.04. The van der Waals surface area contributed by atoms with Gasteiger partial charge in [0.1, 0.15) is 18.4 Å². The van der Waals surface area contributed by atoms with Gasteiger partial charge in [0.25, 0.3) is 0 Å². The summed E-state index contributed by atoms with van der Waals surface area (Å²) in [6.07, 6.45) is 2.56. The van der Waals surface area contributed by atoms with Crippen molar-refractivity contribution in [1.29, 1.82) is 0 Å². The number of ether oxygens (including phenoxy) is 1. The van der Waals surface area contributed by atoms with Gasteiger partial charge in [-0.05, 0) is 30.7 Å². The lowest BCUT2D eigenvalue weighted by Crippen LogP contribution is -2.19. The van der Waals surface area contributed by atoms with Crippen molar-refractivity contribution < 1.29 is 9.53 Å². The second-order valence-electron chi connectivity index (χ2n) is 4.84. The van der Waals surface area contributed by atoms with Crippen LogP contribution in [0.3, 0.4) is 0 Å². The molecule has 3 N–H and O–H groups in total. The lowest BCUT2D eigenvalue weighted by molar-refractivity contribution is -0.116. The minimum Gasteiger partial charge on any atom is -0.490 e. The van der Waals surface area contributed by atoms with Gasteiger partial charge in [-0.2, -0.15) is 0 Å². The summed E-state index contributed by atoms with van der Waals surface area (Å²) in [6, 6.07) is 5.64. The molecule has 1 unspecified atom stereocenters. The Morgan fingerprint density at radius 2 is 2.45 bits per heavy atom. The van der Waals surface area contributed by atoms with Gasteiger partial charge in [-0.15, -0.1) is 5.10 Å². The van der Waals surface area contributed by atoms with Crippen LogP contribution in [0.4, 0.5) is 11.5 Å². The van der Waals surface area contributed by atoms with E-state index in [0.29, 0.717) is 5.82 Å². The molecular formula is C13H15N5O2. The molecule has 0 aliphatic carbocycles.